The lowest BCUT2D eigenvalue weighted by Crippen LogP contribution is -2.19. The highest BCUT2D eigenvalue weighted by Gasteiger charge is 2.28. The molecule has 15 heavy (non-hydrogen) atoms. The number of allylic oxidation sites excluding steroid dienone is 4. The summed E-state index contributed by atoms with van der Waals surface area (Å²) < 4.78 is 0. The van der Waals surface area contributed by atoms with E-state index in [0.29, 0.717) is 11.8 Å². The van der Waals surface area contributed by atoms with Gasteiger partial charge in [-0.25, -0.2) is 0 Å². The molecular weight excluding hydrogens is 180 g/mol. The first-order valence-electron chi connectivity index (χ1n) is 5.80. The molecule has 2 atom stereocenters. The van der Waals surface area contributed by atoms with Crippen LogP contribution in [0.2, 0.25) is 0 Å². The Morgan fingerprint density at radius 2 is 1.67 bits per heavy atom. The van der Waals surface area contributed by atoms with Crippen LogP contribution >= 0.6 is 0 Å². The molecule has 0 spiro atoms. The topological polar surface area (TPSA) is 0 Å². The summed E-state index contributed by atoms with van der Waals surface area (Å²) in [6.07, 6.45) is 7.64. The van der Waals surface area contributed by atoms with E-state index in [-0.39, 0.29) is 0 Å². The van der Waals surface area contributed by atoms with Gasteiger partial charge in [0, 0.05) is 5.92 Å². The molecule has 0 saturated heterocycles. The summed E-state index contributed by atoms with van der Waals surface area (Å²) in [5, 5.41) is 0. The molecule has 3 aliphatic rings. The summed E-state index contributed by atoms with van der Waals surface area (Å²) in [4.78, 5) is 0. The maximum absolute atomic E-state index is 2.48. The first-order valence-corrected chi connectivity index (χ1v) is 5.80. The van der Waals surface area contributed by atoms with Crippen molar-refractivity contribution in [1.82, 2.24) is 0 Å². The number of rotatable bonds is 1. The van der Waals surface area contributed by atoms with Crippen LogP contribution < -0.4 is 0 Å². The molecule has 0 unspecified atom stereocenters. The molecule has 1 aromatic carbocycles. The van der Waals surface area contributed by atoms with Crippen LogP contribution in [-0.2, 0) is 0 Å². The molecule has 76 valence electrons. The fourth-order valence-electron chi connectivity index (χ4n) is 2.85. The van der Waals surface area contributed by atoms with Crippen molar-refractivity contribution in [2.45, 2.75) is 19.8 Å². The van der Waals surface area contributed by atoms with Crippen molar-refractivity contribution >= 4 is 5.57 Å². The van der Waals surface area contributed by atoms with Crippen molar-refractivity contribution in [3.05, 3.63) is 53.6 Å². The Morgan fingerprint density at radius 3 is 2.27 bits per heavy atom. The molecule has 1 aromatic rings. The van der Waals surface area contributed by atoms with E-state index in [9.17, 15) is 0 Å². The lowest BCUT2D eigenvalue weighted by molar-refractivity contribution is 0.518. The van der Waals surface area contributed by atoms with Gasteiger partial charge in [0.2, 0.25) is 0 Å². The van der Waals surface area contributed by atoms with E-state index in [0.717, 1.165) is 0 Å². The molecule has 0 heteroatoms. The zero-order valence-electron chi connectivity index (χ0n) is 9.11. The Bertz CT molecular complexity index is 423. The molecule has 3 aliphatic carbocycles. The molecule has 0 heterocycles. The normalized spacial score (nSPS) is 28.6. The Balaban J connectivity index is 2.01. The van der Waals surface area contributed by atoms with Gasteiger partial charge < -0.3 is 0 Å². The molecule has 0 aromatic heterocycles. The quantitative estimate of drug-likeness (QED) is 0.594. The van der Waals surface area contributed by atoms with Gasteiger partial charge in [-0.15, -0.1) is 0 Å². The molecule has 0 radical (unpaired) electrons. The average molecular weight is 196 g/mol. The molecule has 4 rings (SSSR count). The van der Waals surface area contributed by atoms with E-state index in [4.69, 9.17) is 0 Å². The van der Waals surface area contributed by atoms with Crippen LogP contribution in [0.25, 0.3) is 5.57 Å². The van der Waals surface area contributed by atoms with Crippen LogP contribution in [0.1, 0.15) is 25.3 Å². The Kier molecular flexibility index (Phi) is 2.02. The monoisotopic (exact) mass is 196 g/mol. The highest BCUT2D eigenvalue weighted by atomic mass is 14.3. The average Bonchev–Trinajstić information content (AvgIpc) is 2.31. The van der Waals surface area contributed by atoms with Crippen molar-refractivity contribution in [1.29, 1.82) is 0 Å². The zero-order valence-corrected chi connectivity index (χ0v) is 9.11. The van der Waals surface area contributed by atoms with Gasteiger partial charge in [0.15, 0.2) is 0 Å². The van der Waals surface area contributed by atoms with E-state index in [2.05, 4.69) is 49.4 Å². The lowest BCUT2D eigenvalue weighted by Gasteiger charge is -2.34. The van der Waals surface area contributed by atoms with E-state index >= 15 is 0 Å². The fourth-order valence-corrected chi connectivity index (χ4v) is 2.85. The molecule has 0 nitrogen and oxygen atoms in total. The Hall–Kier alpha value is -1.30. The van der Waals surface area contributed by atoms with Crippen molar-refractivity contribution < 1.29 is 0 Å². The summed E-state index contributed by atoms with van der Waals surface area (Å²) in [6.45, 7) is 2.27. The minimum Gasteiger partial charge on any atom is -0.0775 e. The molecule has 0 aliphatic heterocycles. The number of hydrogen-bond donors (Lipinski definition) is 0. The van der Waals surface area contributed by atoms with Gasteiger partial charge in [-0.05, 0) is 36.8 Å². The smallest absolute Gasteiger partial charge is 0.00240 e. The van der Waals surface area contributed by atoms with Crippen molar-refractivity contribution in [3.8, 4) is 0 Å². The highest BCUT2D eigenvalue weighted by molar-refractivity contribution is 5.72. The summed E-state index contributed by atoms with van der Waals surface area (Å²) in [7, 11) is 0. The van der Waals surface area contributed by atoms with Gasteiger partial charge >= 0.3 is 0 Å². The van der Waals surface area contributed by atoms with Crippen LogP contribution in [-0.4, -0.2) is 0 Å². The second kappa shape index (κ2) is 3.37. The zero-order chi connectivity index (χ0) is 10.3. The largest absolute Gasteiger partial charge is 0.0775 e. The van der Waals surface area contributed by atoms with Crippen LogP contribution in [0.15, 0.2) is 48.1 Å². The summed E-state index contributed by atoms with van der Waals surface area (Å²) in [5.41, 5.74) is 4.54. The SMILES string of the molecule is CC1=C[C@H]2CC[C@@H]1C=C2c1ccccc1. The third-order valence-electron chi connectivity index (χ3n) is 3.72. The predicted molar refractivity (Wildman–Crippen MR) is 64.4 cm³/mol. The predicted octanol–water partition coefficient (Wildman–Crippen LogP) is 4.06. The molecular formula is C15H16. The minimum atomic E-state index is 0.678. The maximum atomic E-state index is 2.48. The van der Waals surface area contributed by atoms with E-state index in [1.54, 1.807) is 11.1 Å². The number of fused-ring (bicyclic) bond motifs is 1. The van der Waals surface area contributed by atoms with Crippen LogP contribution in [0.3, 0.4) is 0 Å². The number of benzene rings is 1. The third kappa shape index (κ3) is 1.45. The lowest BCUT2D eigenvalue weighted by atomic mass is 9.71. The van der Waals surface area contributed by atoms with Crippen LogP contribution in [0, 0.1) is 11.8 Å². The van der Waals surface area contributed by atoms with Crippen molar-refractivity contribution in [3.63, 3.8) is 0 Å². The summed E-state index contributed by atoms with van der Waals surface area (Å²) >= 11 is 0. The second-order valence-corrected chi connectivity index (χ2v) is 4.69. The van der Waals surface area contributed by atoms with Crippen LogP contribution in [0.4, 0.5) is 0 Å². The Morgan fingerprint density at radius 1 is 0.933 bits per heavy atom. The summed E-state index contributed by atoms with van der Waals surface area (Å²) in [5.74, 6) is 1.39. The number of hydrogen-bond acceptors (Lipinski definition) is 0. The maximum Gasteiger partial charge on any atom is 0.00240 e. The standard InChI is InChI=1S/C15H16/c1-11-9-14-8-7-13(11)10-15(14)12-5-3-2-4-6-12/h2-6,9-10,13-14H,7-8H2,1H3/t13-,14-/m1/s1. The van der Waals surface area contributed by atoms with Gasteiger partial charge in [0.05, 0.1) is 0 Å². The second-order valence-electron chi connectivity index (χ2n) is 4.69. The third-order valence-corrected chi connectivity index (χ3v) is 3.72. The van der Waals surface area contributed by atoms with E-state index in [1.165, 1.54) is 18.4 Å². The van der Waals surface area contributed by atoms with E-state index < -0.39 is 0 Å². The molecule has 0 fully saturated rings. The molecule has 2 bridgehead atoms. The van der Waals surface area contributed by atoms with E-state index in [1.807, 2.05) is 0 Å². The van der Waals surface area contributed by atoms with Crippen LogP contribution in [0.5, 0.6) is 0 Å². The Labute approximate surface area is 91.3 Å². The first-order chi connectivity index (χ1) is 7.34. The molecule has 0 N–H and O–H groups in total. The highest BCUT2D eigenvalue weighted by Crippen LogP contribution is 2.43. The van der Waals surface area contributed by atoms with Gasteiger partial charge in [0.25, 0.3) is 0 Å². The summed E-state index contributed by atoms with van der Waals surface area (Å²) in [6, 6.07) is 10.8. The van der Waals surface area contributed by atoms with Crippen molar-refractivity contribution in [2.24, 2.45) is 11.8 Å². The fraction of sp³-hybridized carbons (Fsp3) is 0.333. The van der Waals surface area contributed by atoms with Gasteiger partial charge in [-0.1, -0.05) is 48.1 Å². The van der Waals surface area contributed by atoms with Gasteiger partial charge in [-0.3, -0.25) is 0 Å². The van der Waals surface area contributed by atoms with Gasteiger partial charge in [-0.2, -0.15) is 0 Å². The first kappa shape index (κ1) is 8.96. The minimum absolute atomic E-state index is 0.678. The van der Waals surface area contributed by atoms with Crippen molar-refractivity contribution in [2.75, 3.05) is 0 Å². The molecule has 0 saturated carbocycles. The molecule has 0 amide bonds. The van der Waals surface area contributed by atoms with Gasteiger partial charge in [0.1, 0.15) is 0 Å².